The normalized spacial score (nSPS) is 11.1. The standard InChI is InChI=1S/C18H37O4P/c1-2-3-4-5-6-7-8-9-10-11-12-13-14-15-16-17-18(19)22-23(20)21/h20-21H,2-17H2,1H3. The van der Waals surface area contributed by atoms with Crippen LogP contribution in [0, 0.1) is 0 Å². The van der Waals surface area contributed by atoms with E-state index in [9.17, 15) is 4.79 Å². The molecule has 0 rings (SSSR count). The van der Waals surface area contributed by atoms with Crippen LogP contribution in [0.2, 0.25) is 0 Å². The molecule has 0 fully saturated rings. The van der Waals surface area contributed by atoms with Crippen molar-refractivity contribution in [1.82, 2.24) is 0 Å². The lowest BCUT2D eigenvalue weighted by molar-refractivity contribution is -0.134. The van der Waals surface area contributed by atoms with E-state index in [0.29, 0.717) is 0 Å². The van der Waals surface area contributed by atoms with Gasteiger partial charge in [0.25, 0.3) is 0 Å². The van der Waals surface area contributed by atoms with Gasteiger partial charge in [0.2, 0.25) is 0 Å². The molecule has 0 bridgehead atoms. The lowest BCUT2D eigenvalue weighted by Gasteiger charge is -2.04. The van der Waals surface area contributed by atoms with Gasteiger partial charge in [-0.1, -0.05) is 96.8 Å². The van der Waals surface area contributed by atoms with Gasteiger partial charge in [-0.25, -0.2) is 0 Å². The van der Waals surface area contributed by atoms with Gasteiger partial charge >= 0.3 is 14.6 Å². The Kier molecular flexibility index (Phi) is 18.0. The van der Waals surface area contributed by atoms with E-state index in [0.717, 1.165) is 19.3 Å². The summed E-state index contributed by atoms with van der Waals surface area (Å²) in [5.74, 6) is -0.504. The van der Waals surface area contributed by atoms with Crippen LogP contribution in [0.1, 0.15) is 110 Å². The van der Waals surface area contributed by atoms with Crippen molar-refractivity contribution in [2.75, 3.05) is 0 Å². The van der Waals surface area contributed by atoms with Crippen molar-refractivity contribution in [3.8, 4) is 0 Å². The second-order valence-corrected chi connectivity index (χ2v) is 7.10. The molecule has 0 amide bonds. The van der Waals surface area contributed by atoms with Crippen LogP contribution >= 0.6 is 8.60 Å². The number of rotatable bonds is 17. The van der Waals surface area contributed by atoms with E-state index in [1.807, 2.05) is 0 Å². The van der Waals surface area contributed by atoms with Crippen molar-refractivity contribution >= 4 is 14.6 Å². The highest BCUT2D eigenvalue weighted by Gasteiger charge is 2.08. The molecule has 0 aliphatic rings. The zero-order chi connectivity index (χ0) is 17.2. The Bertz CT molecular complexity index is 259. The molecule has 0 aromatic rings. The number of hydrogen-bond acceptors (Lipinski definition) is 4. The summed E-state index contributed by atoms with van der Waals surface area (Å²) in [7, 11) is -2.53. The zero-order valence-corrected chi connectivity index (χ0v) is 15.9. The SMILES string of the molecule is CCCCCCCCCCCCCCCCCC(=O)OP(O)O. The summed E-state index contributed by atoms with van der Waals surface area (Å²) in [5, 5.41) is 0. The van der Waals surface area contributed by atoms with Gasteiger partial charge in [-0.15, -0.1) is 0 Å². The van der Waals surface area contributed by atoms with Gasteiger partial charge in [-0.3, -0.25) is 4.79 Å². The molecule has 0 radical (unpaired) electrons. The van der Waals surface area contributed by atoms with Crippen molar-refractivity contribution in [2.24, 2.45) is 0 Å². The zero-order valence-electron chi connectivity index (χ0n) is 15.0. The van der Waals surface area contributed by atoms with E-state index >= 15 is 0 Å². The molecule has 0 aliphatic heterocycles. The topological polar surface area (TPSA) is 66.8 Å². The maximum atomic E-state index is 11.1. The Morgan fingerprint density at radius 2 is 1.04 bits per heavy atom. The largest absolute Gasteiger partial charge is 0.394 e. The first-order chi connectivity index (χ1) is 11.2. The molecule has 4 nitrogen and oxygen atoms in total. The van der Waals surface area contributed by atoms with E-state index in [4.69, 9.17) is 9.79 Å². The monoisotopic (exact) mass is 348 g/mol. The summed E-state index contributed by atoms with van der Waals surface area (Å²) in [6, 6.07) is 0. The van der Waals surface area contributed by atoms with Crippen molar-refractivity contribution in [3.05, 3.63) is 0 Å². The van der Waals surface area contributed by atoms with Gasteiger partial charge in [0, 0.05) is 6.42 Å². The van der Waals surface area contributed by atoms with Crippen molar-refractivity contribution in [3.63, 3.8) is 0 Å². The van der Waals surface area contributed by atoms with Crippen molar-refractivity contribution < 1.29 is 19.1 Å². The molecule has 0 spiro atoms. The molecule has 0 unspecified atom stereocenters. The van der Waals surface area contributed by atoms with E-state index in [-0.39, 0.29) is 6.42 Å². The maximum Gasteiger partial charge on any atom is 0.393 e. The van der Waals surface area contributed by atoms with Crippen molar-refractivity contribution in [2.45, 2.75) is 110 Å². The molecule has 2 N–H and O–H groups in total. The molecule has 0 aromatic heterocycles. The average Bonchev–Trinajstić information content (AvgIpc) is 2.50. The van der Waals surface area contributed by atoms with Gasteiger partial charge < -0.3 is 14.3 Å². The van der Waals surface area contributed by atoms with Crippen LogP contribution < -0.4 is 0 Å². The maximum absolute atomic E-state index is 11.1. The van der Waals surface area contributed by atoms with Crippen LogP contribution in [0.15, 0.2) is 0 Å². The molecule has 0 atom stereocenters. The van der Waals surface area contributed by atoms with Gasteiger partial charge in [-0.2, -0.15) is 0 Å². The summed E-state index contributed by atoms with van der Waals surface area (Å²) < 4.78 is 4.31. The number of unbranched alkanes of at least 4 members (excludes halogenated alkanes) is 14. The fourth-order valence-corrected chi connectivity index (χ4v) is 3.05. The molecule has 0 aromatic carbocycles. The fraction of sp³-hybridized carbons (Fsp3) is 0.944. The lowest BCUT2D eigenvalue weighted by Crippen LogP contribution is -1.99. The molecule has 23 heavy (non-hydrogen) atoms. The van der Waals surface area contributed by atoms with Crippen LogP contribution in [0.5, 0.6) is 0 Å². The third-order valence-corrected chi connectivity index (χ3v) is 4.53. The Labute approximate surface area is 144 Å². The molecular formula is C18H37O4P. The summed E-state index contributed by atoms with van der Waals surface area (Å²) >= 11 is 0. The number of carbonyl (C=O) groups is 1. The van der Waals surface area contributed by atoms with Crippen molar-refractivity contribution in [1.29, 1.82) is 0 Å². The second-order valence-electron chi connectivity index (χ2n) is 6.42. The predicted octanol–water partition coefficient (Wildman–Crippen LogP) is 6.00. The van der Waals surface area contributed by atoms with Crippen LogP contribution in [-0.2, 0) is 9.32 Å². The molecular weight excluding hydrogens is 311 g/mol. The van der Waals surface area contributed by atoms with E-state index < -0.39 is 14.6 Å². The molecule has 0 aliphatic carbocycles. The first-order valence-electron chi connectivity index (χ1n) is 9.55. The summed E-state index contributed by atoms with van der Waals surface area (Å²) in [4.78, 5) is 28.1. The van der Waals surface area contributed by atoms with Crippen LogP contribution in [0.25, 0.3) is 0 Å². The first-order valence-corrected chi connectivity index (χ1v) is 10.7. The average molecular weight is 348 g/mol. The van der Waals surface area contributed by atoms with Gasteiger partial charge in [-0.05, 0) is 6.42 Å². The molecule has 0 heterocycles. The summed E-state index contributed by atoms with van der Waals surface area (Å²) in [5.41, 5.74) is 0. The highest BCUT2D eigenvalue weighted by atomic mass is 31.2. The summed E-state index contributed by atoms with van der Waals surface area (Å²) in [6.07, 6.45) is 19.6. The van der Waals surface area contributed by atoms with Crippen LogP contribution in [-0.4, -0.2) is 15.8 Å². The van der Waals surface area contributed by atoms with Gasteiger partial charge in [0.1, 0.15) is 0 Å². The van der Waals surface area contributed by atoms with Gasteiger partial charge in [0.05, 0.1) is 0 Å². The molecule has 0 saturated heterocycles. The second kappa shape index (κ2) is 18.2. The Morgan fingerprint density at radius 3 is 1.39 bits per heavy atom. The van der Waals surface area contributed by atoms with Crippen LogP contribution in [0.4, 0.5) is 0 Å². The fourth-order valence-electron chi connectivity index (χ4n) is 2.78. The summed E-state index contributed by atoms with van der Waals surface area (Å²) in [6.45, 7) is 2.26. The smallest absolute Gasteiger partial charge is 0.393 e. The lowest BCUT2D eigenvalue weighted by atomic mass is 10.0. The minimum atomic E-state index is -2.53. The third kappa shape index (κ3) is 19.8. The Balaban J connectivity index is 3.06. The quantitative estimate of drug-likeness (QED) is 0.250. The minimum absolute atomic E-state index is 0.290. The van der Waals surface area contributed by atoms with Gasteiger partial charge in [0.15, 0.2) is 0 Å². The molecule has 138 valence electrons. The van der Waals surface area contributed by atoms with Crippen LogP contribution in [0.3, 0.4) is 0 Å². The number of hydrogen-bond donors (Lipinski definition) is 2. The third-order valence-electron chi connectivity index (χ3n) is 4.17. The first kappa shape index (κ1) is 22.8. The van der Waals surface area contributed by atoms with E-state index in [1.165, 1.54) is 77.0 Å². The van der Waals surface area contributed by atoms with E-state index in [2.05, 4.69) is 11.4 Å². The molecule has 0 saturated carbocycles. The van der Waals surface area contributed by atoms with E-state index in [1.54, 1.807) is 0 Å². The predicted molar refractivity (Wildman–Crippen MR) is 97.0 cm³/mol. The highest BCUT2D eigenvalue weighted by Crippen LogP contribution is 2.25. The number of carbonyl (C=O) groups excluding carboxylic acids is 1. The Morgan fingerprint density at radius 1 is 0.696 bits per heavy atom. The minimum Gasteiger partial charge on any atom is -0.394 e. The highest BCUT2D eigenvalue weighted by molar-refractivity contribution is 7.40. The Hall–Kier alpha value is -0.180. The molecule has 5 heteroatoms.